The molecule has 6 nitrogen and oxygen atoms in total. The summed E-state index contributed by atoms with van der Waals surface area (Å²) in [6.07, 6.45) is 4.72. The maximum absolute atomic E-state index is 12.7. The monoisotopic (exact) mass is 430 g/mol. The summed E-state index contributed by atoms with van der Waals surface area (Å²) in [5.41, 5.74) is 1.38. The Balaban J connectivity index is 0.00000196. The van der Waals surface area contributed by atoms with Crippen molar-refractivity contribution in [3.63, 3.8) is 0 Å². The van der Waals surface area contributed by atoms with Crippen LogP contribution in [-0.4, -0.2) is 67.9 Å². The van der Waals surface area contributed by atoms with Gasteiger partial charge in [-0.15, -0.1) is 24.8 Å². The second kappa shape index (κ2) is 11.6. The molecule has 1 aromatic carbocycles. The molecule has 1 aromatic rings. The van der Waals surface area contributed by atoms with Crippen LogP contribution in [0.3, 0.4) is 0 Å². The number of hydrogen-bond acceptors (Lipinski definition) is 4. The molecule has 0 spiro atoms. The molecule has 1 saturated carbocycles. The van der Waals surface area contributed by atoms with Gasteiger partial charge >= 0.3 is 0 Å². The Morgan fingerprint density at radius 3 is 2.43 bits per heavy atom. The maximum Gasteiger partial charge on any atom is 0.253 e. The lowest BCUT2D eigenvalue weighted by atomic mass is 10.0. The number of carbonyl (C=O) groups is 2. The molecular weight excluding hydrogens is 399 g/mol. The smallest absolute Gasteiger partial charge is 0.253 e. The van der Waals surface area contributed by atoms with Crippen LogP contribution in [0.2, 0.25) is 0 Å². The summed E-state index contributed by atoms with van der Waals surface area (Å²) in [5.74, 6) is 0.746. The molecule has 28 heavy (non-hydrogen) atoms. The van der Waals surface area contributed by atoms with Crippen LogP contribution in [0, 0.1) is 5.92 Å². The third-order valence-electron chi connectivity index (χ3n) is 5.30. The SMILES string of the molecule is CN1CCCC(N(C)C(=O)c2ccc(NC(=O)CNCC3CC3)cc2)C1.Cl.Cl. The molecule has 0 bridgehead atoms. The normalized spacial score (nSPS) is 19.1. The molecule has 2 N–H and O–H groups in total. The fourth-order valence-electron chi connectivity index (χ4n) is 3.44. The summed E-state index contributed by atoms with van der Waals surface area (Å²) in [6.45, 7) is 3.27. The van der Waals surface area contributed by atoms with Crippen molar-refractivity contribution < 1.29 is 9.59 Å². The number of hydrogen-bond donors (Lipinski definition) is 2. The standard InChI is InChI=1S/C20H30N4O2.2ClH/c1-23-11-3-4-18(14-23)24(2)20(26)16-7-9-17(10-8-16)22-19(25)13-21-12-15-5-6-15;;/h7-10,15,18,21H,3-6,11-14H2,1-2H3,(H,22,25);2*1H. The molecule has 2 fully saturated rings. The van der Waals surface area contributed by atoms with Crippen molar-refractivity contribution in [2.24, 2.45) is 5.92 Å². The highest BCUT2D eigenvalue weighted by Gasteiger charge is 2.25. The Kier molecular flexibility index (Phi) is 10.2. The van der Waals surface area contributed by atoms with Crippen LogP contribution in [0.5, 0.6) is 0 Å². The second-order valence-electron chi connectivity index (χ2n) is 7.67. The molecular formula is C20H32Cl2N4O2. The third-order valence-corrected chi connectivity index (χ3v) is 5.30. The largest absolute Gasteiger partial charge is 0.337 e. The average Bonchev–Trinajstić information content (AvgIpc) is 3.45. The highest BCUT2D eigenvalue weighted by molar-refractivity contribution is 5.96. The van der Waals surface area contributed by atoms with Crippen LogP contribution in [0.25, 0.3) is 0 Å². The summed E-state index contributed by atoms with van der Waals surface area (Å²) in [4.78, 5) is 28.8. The molecule has 1 unspecified atom stereocenters. The van der Waals surface area contributed by atoms with Gasteiger partial charge < -0.3 is 20.4 Å². The summed E-state index contributed by atoms with van der Waals surface area (Å²) < 4.78 is 0. The molecule has 0 aromatic heterocycles. The summed E-state index contributed by atoms with van der Waals surface area (Å²) in [7, 11) is 3.98. The number of anilines is 1. The Labute approximate surface area is 180 Å². The first-order valence-electron chi connectivity index (χ1n) is 9.59. The van der Waals surface area contributed by atoms with E-state index < -0.39 is 0 Å². The molecule has 2 amide bonds. The summed E-state index contributed by atoms with van der Waals surface area (Å²) >= 11 is 0. The lowest BCUT2D eigenvalue weighted by Crippen LogP contribution is -2.47. The van der Waals surface area contributed by atoms with Crippen LogP contribution in [0.15, 0.2) is 24.3 Å². The molecule has 2 aliphatic rings. The number of benzene rings is 1. The zero-order chi connectivity index (χ0) is 18.5. The molecule has 1 saturated heterocycles. The van der Waals surface area contributed by atoms with Crippen molar-refractivity contribution in [1.82, 2.24) is 15.1 Å². The Hall–Kier alpha value is -1.34. The zero-order valence-electron chi connectivity index (χ0n) is 16.6. The van der Waals surface area contributed by atoms with Gasteiger partial charge in [0, 0.05) is 30.9 Å². The van der Waals surface area contributed by atoms with Gasteiger partial charge in [-0.3, -0.25) is 9.59 Å². The van der Waals surface area contributed by atoms with E-state index in [2.05, 4.69) is 22.6 Å². The molecule has 1 aliphatic carbocycles. The number of amides is 2. The number of rotatable bonds is 7. The summed E-state index contributed by atoms with van der Waals surface area (Å²) in [6, 6.07) is 7.44. The Morgan fingerprint density at radius 1 is 1.14 bits per heavy atom. The molecule has 1 aliphatic heterocycles. The van der Waals surface area contributed by atoms with E-state index in [-0.39, 0.29) is 42.7 Å². The zero-order valence-corrected chi connectivity index (χ0v) is 18.3. The minimum atomic E-state index is -0.0490. The molecule has 1 heterocycles. The molecule has 8 heteroatoms. The number of carbonyl (C=O) groups excluding carboxylic acids is 2. The van der Waals surface area contributed by atoms with Crippen molar-refractivity contribution in [2.75, 3.05) is 45.6 Å². The molecule has 0 radical (unpaired) electrons. The minimum Gasteiger partial charge on any atom is -0.337 e. The van der Waals surface area contributed by atoms with Gasteiger partial charge in [-0.2, -0.15) is 0 Å². The molecule has 3 rings (SSSR count). The van der Waals surface area contributed by atoms with Gasteiger partial charge in [-0.1, -0.05) is 0 Å². The van der Waals surface area contributed by atoms with Crippen molar-refractivity contribution in [3.8, 4) is 0 Å². The Bertz CT molecular complexity index is 638. The summed E-state index contributed by atoms with van der Waals surface area (Å²) in [5, 5.41) is 6.04. The van der Waals surface area contributed by atoms with Gasteiger partial charge in [0.2, 0.25) is 5.91 Å². The number of nitrogens with zero attached hydrogens (tertiary/aromatic N) is 2. The van der Waals surface area contributed by atoms with Crippen LogP contribution in [0.1, 0.15) is 36.0 Å². The Morgan fingerprint density at radius 2 is 1.82 bits per heavy atom. The van der Waals surface area contributed by atoms with Gasteiger partial charge in [0.15, 0.2) is 0 Å². The van der Waals surface area contributed by atoms with Crippen molar-refractivity contribution >= 4 is 42.3 Å². The number of nitrogens with one attached hydrogen (secondary N) is 2. The van der Waals surface area contributed by atoms with Gasteiger partial charge in [0.25, 0.3) is 5.91 Å². The highest BCUT2D eigenvalue weighted by atomic mass is 35.5. The predicted molar refractivity (Wildman–Crippen MR) is 118 cm³/mol. The second-order valence-corrected chi connectivity index (χ2v) is 7.67. The minimum absolute atomic E-state index is 0. The lowest BCUT2D eigenvalue weighted by Gasteiger charge is -2.35. The van der Waals surface area contributed by atoms with Crippen LogP contribution in [-0.2, 0) is 4.79 Å². The van der Waals surface area contributed by atoms with E-state index in [1.165, 1.54) is 12.8 Å². The molecule has 158 valence electrons. The lowest BCUT2D eigenvalue weighted by molar-refractivity contribution is -0.115. The number of likely N-dealkylation sites (N-methyl/N-ethyl adjacent to an activating group) is 2. The van der Waals surface area contributed by atoms with Crippen LogP contribution < -0.4 is 10.6 Å². The van der Waals surface area contributed by atoms with E-state index in [1.54, 1.807) is 24.3 Å². The predicted octanol–water partition coefficient (Wildman–Crippen LogP) is 2.63. The quantitative estimate of drug-likeness (QED) is 0.697. The number of piperidine rings is 1. The van der Waals surface area contributed by atoms with Gasteiger partial charge in [-0.25, -0.2) is 0 Å². The fourth-order valence-corrected chi connectivity index (χ4v) is 3.44. The first kappa shape index (κ1) is 24.7. The van der Waals surface area contributed by atoms with Crippen LogP contribution >= 0.6 is 24.8 Å². The number of halogens is 2. The highest BCUT2D eigenvalue weighted by Crippen LogP contribution is 2.27. The van der Waals surface area contributed by atoms with Gasteiger partial charge in [0.1, 0.15) is 0 Å². The maximum atomic E-state index is 12.7. The fraction of sp³-hybridized carbons (Fsp3) is 0.600. The van der Waals surface area contributed by atoms with E-state index >= 15 is 0 Å². The van der Waals surface area contributed by atoms with E-state index in [9.17, 15) is 9.59 Å². The van der Waals surface area contributed by atoms with E-state index in [0.717, 1.165) is 44.1 Å². The third kappa shape index (κ3) is 7.24. The molecule has 1 atom stereocenters. The van der Waals surface area contributed by atoms with E-state index in [1.807, 2.05) is 11.9 Å². The van der Waals surface area contributed by atoms with Crippen molar-refractivity contribution in [2.45, 2.75) is 31.7 Å². The van der Waals surface area contributed by atoms with Crippen LogP contribution in [0.4, 0.5) is 5.69 Å². The number of likely N-dealkylation sites (tertiary alicyclic amines) is 1. The van der Waals surface area contributed by atoms with E-state index in [0.29, 0.717) is 12.1 Å². The first-order chi connectivity index (χ1) is 12.5. The van der Waals surface area contributed by atoms with E-state index in [4.69, 9.17) is 0 Å². The van der Waals surface area contributed by atoms with Gasteiger partial charge in [-0.05, 0) is 76.0 Å². The van der Waals surface area contributed by atoms with Crippen molar-refractivity contribution in [3.05, 3.63) is 29.8 Å². The first-order valence-corrected chi connectivity index (χ1v) is 9.59. The van der Waals surface area contributed by atoms with Crippen molar-refractivity contribution in [1.29, 1.82) is 0 Å². The topological polar surface area (TPSA) is 64.7 Å². The van der Waals surface area contributed by atoms with Gasteiger partial charge in [0.05, 0.1) is 6.54 Å². The average molecular weight is 431 g/mol.